The number of hydrazine groups is 1. The van der Waals surface area contributed by atoms with Crippen molar-refractivity contribution < 1.29 is 8.78 Å². The highest BCUT2D eigenvalue weighted by Gasteiger charge is 2.27. The molecule has 0 aliphatic carbocycles. The first-order chi connectivity index (χ1) is 10.7. The van der Waals surface area contributed by atoms with Gasteiger partial charge in [0.15, 0.2) is 0 Å². The Morgan fingerprint density at radius 3 is 2.86 bits per heavy atom. The quantitative estimate of drug-likeness (QED) is 0.595. The molecule has 2 unspecified atom stereocenters. The monoisotopic (exact) mass is 324 g/mol. The van der Waals surface area contributed by atoms with E-state index in [1.807, 2.05) is 30.3 Å². The van der Waals surface area contributed by atoms with Crippen LogP contribution in [0.4, 0.5) is 8.78 Å². The summed E-state index contributed by atoms with van der Waals surface area (Å²) in [4.78, 5) is 0. The molecular weight excluding hydrogens is 310 g/mol. The van der Waals surface area contributed by atoms with E-state index in [2.05, 4.69) is 26.2 Å². The van der Waals surface area contributed by atoms with Gasteiger partial charge in [-0.3, -0.25) is 5.43 Å². The maximum atomic E-state index is 12.8. The number of aromatic amines is 1. The van der Waals surface area contributed by atoms with Crippen LogP contribution in [0.3, 0.4) is 0 Å². The minimum absolute atomic E-state index is 0.00437. The van der Waals surface area contributed by atoms with Crippen molar-refractivity contribution in [3.05, 3.63) is 46.5 Å². The number of hydrogen-bond acceptors (Lipinski definition) is 5. The van der Waals surface area contributed by atoms with Gasteiger partial charge in [-0.25, -0.2) is 19.3 Å². The molecule has 0 bridgehead atoms. The molecule has 0 saturated carbocycles. The molecule has 3 N–H and O–H groups in total. The third-order valence-electron chi connectivity index (χ3n) is 3.43. The third-order valence-corrected chi connectivity index (χ3v) is 3.69. The smallest absolute Gasteiger partial charge is 0.257 e. The highest BCUT2D eigenvalue weighted by Crippen LogP contribution is 2.23. The summed E-state index contributed by atoms with van der Waals surface area (Å²) < 4.78 is 26.7. The standard InChI is InChI=1S/C13H14F2N6S/c14-11(15)12-19-20-13(22)21(12)17-7-9-6-16-18-10(9)8-4-2-1-3-5-8/h1-5,7,9-11,16,18H,6H2,(H,20,22)/b17-7+. The SMILES string of the molecule is FC(F)c1n[nH]c(=S)n1/N=C/C1CNNC1c1ccccc1. The fourth-order valence-corrected chi connectivity index (χ4v) is 2.54. The number of benzene rings is 1. The van der Waals surface area contributed by atoms with Crippen LogP contribution in [0.2, 0.25) is 0 Å². The lowest BCUT2D eigenvalue weighted by Crippen LogP contribution is -2.25. The zero-order chi connectivity index (χ0) is 15.5. The Morgan fingerprint density at radius 1 is 1.36 bits per heavy atom. The van der Waals surface area contributed by atoms with E-state index in [0.717, 1.165) is 10.2 Å². The summed E-state index contributed by atoms with van der Waals surface area (Å²) in [6.45, 7) is 0.637. The van der Waals surface area contributed by atoms with Gasteiger partial charge in [0, 0.05) is 18.7 Å². The largest absolute Gasteiger partial charge is 0.299 e. The van der Waals surface area contributed by atoms with E-state index in [1.54, 1.807) is 6.21 Å². The van der Waals surface area contributed by atoms with Gasteiger partial charge in [-0.05, 0) is 17.8 Å². The van der Waals surface area contributed by atoms with Crippen molar-refractivity contribution in [1.82, 2.24) is 25.7 Å². The lowest BCUT2D eigenvalue weighted by Gasteiger charge is -2.14. The van der Waals surface area contributed by atoms with E-state index in [9.17, 15) is 8.78 Å². The first kappa shape index (κ1) is 14.9. The molecule has 1 aromatic carbocycles. The topological polar surface area (TPSA) is 70.0 Å². The fourth-order valence-electron chi connectivity index (χ4n) is 2.35. The second kappa shape index (κ2) is 6.42. The van der Waals surface area contributed by atoms with Crippen molar-refractivity contribution in [3.63, 3.8) is 0 Å². The summed E-state index contributed by atoms with van der Waals surface area (Å²) in [6.07, 6.45) is -1.13. The van der Waals surface area contributed by atoms with Crippen molar-refractivity contribution in [1.29, 1.82) is 0 Å². The van der Waals surface area contributed by atoms with E-state index in [-0.39, 0.29) is 16.7 Å². The number of aromatic nitrogens is 3. The molecule has 2 atom stereocenters. The second-order valence-electron chi connectivity index (χ2n) is 4.84. The van der Waals surface area contributed by atoms with E-state index in [1.165, 1.54) is 0 Å². The Labute approximate surface area is 130 Å². The molecule has 9 heteroatoms. The van der Waals surface area contributed by atoms with Gasteiger partial charge in [-0.1, -0.05) is 30.3 Å². The maximum absolute atomic E-state index is 12.8. The summed E-state index contributed by atoms with van der Waals surface area (Å²) >= 11 is 4.92. The van der Waals surface area contributed by atoms with Crippen molar-refractivity contribution >= 4 is 18.4 Å². The van der Waals surface area contributed by atoms with E-state index in [4.69, 9.17) is 12.2 Å². The first-order valence-corrected chi connectivity index (χ1v) is 7.11. The normalized spacial score (nSPS) is 22.0. The highest BCUT2D eigenvalue weighted by molar-refractivity contribution is 7.71. The van der Waals surface area contributed by atoms with Gasteiger partial charge in [-0.15, -0.1) is 0 Å². The summed E-state index contributed by atoms with van der Waals surface area (Å²) in [5.41, 5.74) is 7.30. The zero-order valence-electron chi connectivity index (χ0n) is 11.4. The molecule has 2 aromatic rings. The molecule has 3 rings (SSSR count). The Kier molecular flexibility index (Phi) is 4.36. The van der Waals surface area contributed by atoms with Crippen LogP contribution in [-0.4, -0.2) is 27.6 Å². The van der Waals surface area contributed by atoms with Gasteiger partial charge < -0.3 is 0 Å². The Bertz CT molecular complexity index is 711. The summed E-state index contributed by atoms with van der Waals surface area (Å²) in [7, 11) is 0. The lowest BCUT2D eigenvalue weighted by molar-refractivity contribution is 0.136. The van der Waals surface area contributed by atoms with Crippen molar-refractivity contribution in [2.24, 2.45) is 11.0 Å². The maximum Gasteiger partial charge on any atom is 0.299 e. The summed E-state index contributed by atoms with van der Waals surface area (Å²) in [5, 5.41) is 9.89. The average Bonchev–Trinajstić information content (AvgIpc) is 3.12. The van der Waals surface area contributed by atoms with Crippen molar-refractivity contribution in [3.8, 4) is 0 Å². The zero-order valence-corrected chi connectivity index (χ0v) is 12.2. The van der Waals surface area contributed by atoms with E-state index >= 15 is 0 Å². The molecule has 1 fully saturated rings. The average molecular weight is 324 g/mol. The number of halogens is 2. The van der Waals surface area contributed by atoms with Crippen LogP contribution in [0, 0.1) is 10.7 Å². The van der Waals surface area contributed by atoms with Crippen molar-refractivity contribution in [2.45, 2.75) is 12.5 Å². The first-order valence-electron chi connectivity index (χ1n) is 6.70. The number of nitrogens with zero attached hydrogens (tertiary/aromatic N) is 3. The molecule has 116 valence electrons. The molecule has 1 saturated heterocycles. The van der Waals surface area contributed by atoms with Gasteiger partial charge in [0.05, 0.1) is 6.04 Å². The van der Waals surface area contributed by atoms with Crippen LogP contribution >= 0.6 is 12.2 Å². The number of nitrogens with one attached hydrogen (secondary N) is 3. The Morgan fingerprint density at radius 2 is 2.14 bits per heavy atom. The Hall–Kier alpha value is -1.97. The predicted octanol–water partition coefficient (Wildman–Crippen LogP) is 2.18. The summed E-state index contributed by atoms with van der Waals surface area (Å²) in [5.74, 6) is -0.485. The van der Waals surface area contributed by atoms with Gasteiger partial charge in [-0.2, -0.15) is 14.9 Å². The Balaban J connectivity index is 1.83. The van der Waals surface area contributed by atoms with E-state index in [0.29, 0.717) is 6.54 Å². The third kappa shape index (κ3) is 2.96. The van der Waals surface area contributed by atoms with E-state index < -0.39 is 12.2 Å². The molecule has 1 aromatic heterocycles. The van der Waals surface area contributed by atoms with Gasteiger partial charge in [0.25, 0.3) is 6.43 Å². The number of hydrogen-bond donors (Lipinski definition) is 3. The van der Waals surface area contributed by atoms with Crippen LogP contribution in [0.15, 0.2) is 35.4 Å². The fraction of sp³-hybridized carbons (Fsp3) is 0.308. The second-order valence-corrected chi connectivity index (χ2v) is 5.23. The van der Waals surface area contributed by atoms with Crippen LogP contribution in [0.5, 0.6) is 0 Å². The molecule has 22 heavy (non-hydrogen) atoms. The van der Waals surface area contributed by atoms with Gasteiger partial charge in [0.2, 0.25) is 10.6 Å². The molecular formula is C13H14F2N6S. The van der Waals surface area contributed by atoms with Crippen LogP contribution < -0.4 is 10.9 Å². The lowest BCUT2D eigenvalue weighted by atomic mass is 9.96. The predicted molar refractivity (Wildman–Crippen MR) is 80.1 cm³/mol. The molecule has 2 heterocycles. The molecule has 0 radical (unpaired) electrons. The molecule has 1 aliphatic heterocycles. The molecule has 6 nitrogen and oxygen atoms in total. The minimum Gasteiger partial charge on any atom is -0.257 e. The van der Waals surface area contributed by atoms with Crippen molar-refractivity contribution in [2.75, 3.05) is 6.54 Å². The number of alkyl halides is 2. The number of rotatable bonds is 4. The summed E-state index contributed by atoms with van der Waals surface area (Å²) in [6, 6.07) is 9.85. The minimum atomic E-state index is -2.74. The molecule has 1 aliphatic rings. The molecule has 0 spiro atoms. The van der Waals surface area contributed by atoms with Crippen LogP contribution in [0.25, 0.3) is 0 Å². The van der Waals surface area contributed by atoms with Crippen LogP contribution in [-0.2, 0) is 0 Å². The number of H-pyrrole nitrogens is 1. The highest BCUT2D eigenvalue weighted by atomic mass is 32.1. The van der Waals surface area contributed by atoms with Crippen LogP contribution in [0.1, 0.15) is 23.9 Å². The van der Waals surface area contributed by atoms with Gasteiger partial charge in [0.1, 0.15) is 0 Å². The molecule has 0 amide bonds. The van der Waals surface area contributed by atoms with Gasteiger partial charge >= 0.3 is 0 Å².